The highest BCUT2D eigenvalue weighted by molar-refractivity contribution is 7.09. The molecule has 212 valence electrons. The average molecular weight is 574 g/mol. The number of alkyl halides is 6. The Balaban J connectivity index is 0.000000301. The van der Waals surface area contributed by atoms with Crippen LogP contribution >= 0.6 is 11.3 Å². The molecule has 4 heterocycles. The van der Waals surface area contributed by atoms with Crippen molar-refractivity contribution in [2.24, 2.45) is 0 Å². The van der Waals surface area contributed by atoms with Crippen LogP contribution in [-0.2, 0) is 32.2 Å². The van der Waals surface area contributed by atoms with Crippen LogP contribution < -0.4 is 0 Å². The summed E-state index contributed by atoms with van der Waals surface area (Å²) in [4.78, 5) is 29.1. The zero-order valence-electron chi connectivity index (χ0n) is 20.0. The summed E-state index contributed by atoms with van der Waals surface area (Å²) < 4.78 is 75.7. The summed E-state index contributed by atoms with van der Waals surface area (Å²) in [6, 6.07) is 6.05. The topological polar surface area (TPSA) is 122 Å². The van der Waals surface area contributed by atoms with Crippen molar-refractivity contribution in [3.63, 3.8) is 0 Å². The number of hydrogen-bond donors (Lipinski definition) is 2. The zero-order chi connectivity index (χ0) is 28.6. The second-order valence-electron chi connectivity index (χ2n) is 8.39. The van der Waals surface area contributed by atoms with Crippen molar-refractivity contribution in [2.75, 3.05) is 19.7 Å². The number of carbonyl (C=O) groups is 2. The highest BCUT2D eigenvalue weighted by Crippen LogP contribution is 2.37. The molecule has 2 aromatic heterocycles. The Kier molecular flexibility index (Phi) is 11.0. The van der Waals surface area contributed by atoms with E-state index in [1.54, 1.807) is 11.3 Å². The first-order valence-corrected chi connectivity index (χ1v) is 11.9. The largest absolute Gasteiger partial charge is 0.490 e. The van der Waals surface area contributed by atoms with E-state index in [0.29, 0.717) is 13.2 Å². The number of aryl methyl sites for hydroxylation is 1. The van der Waals surface area contributed by atoms with Crippen LogP contribution in [0, 0.1) is 6.92 Å². The first-order chi connectivity index (χ1) is 17.6. The number of halogens is 6. The summed E-state index contributed by atoms with van der Waals surface area (Å²) in [5.74, 6) is -5.51. The van der Waals surface area contributed by atoms with Crippen LogP contribution in [-0.4, -0.2) is 80.8 Å². The van der Waals surface area contributed by atoms with Crippen LogP contribution in [0.5, 0.6) is 0 Å². The van der Waals surface area contributed by atoms with E-state index in [2.05, 4.69) is 14.9 Å². The second kappa shape index (κ2) is 13.3. The molecule has 2 aromatic rings. The number of carboxylic acids is 2. The van der Waals surface area contributed by atoms with Crippen molar-refractivity contribution in [3.8, 4) is 0 Å². The maximum Gasteiger partial charge on any atom is 0.490 e. The van der Waals surface area contributed by atoms with Gasteiger partial charge in [0, 0.05) is 36.8 Å². The van der Waals surface area contributed by atoms with Gasteiger partial charge in [0.25, 0.3) is 0 Å². The third kappa shape index (κ3) is 10.5. The number of carboxylic acid groups (broad SMARTS) is 2. The molecule has 0 amide bonds. The van der Waals surface area contributed by atoms with E-state index in [-0.39, 0.29) is 11.7 Å². The summed E-state index contributed by atoms with van der Waals surface area (Å²) in [5, 5.41) is 17.5. The summed E-state index contributed by atoms with van der Waals surface area (Å²) in [5.41, 5.74) is 2.00. The van der Waals surface area contributed by atoms with Crippen molar-refractivity contribution in [2.45, 2.75) is 57.0 Å². The van der Waals surface area contributed by atoms with Crippen molar-refractivity contribution >= 4 is 23.3 Å². The maximum absolute atomic E-state index is 10.6. The standard InChI is InChI=1S/C18H23N3O2S.2C2HF3O2/c1-14-3-2-4-15(20-14)11-22-16-9-18(23-12-16)5-7-21(13-18)10-17-19-6-8-24-17;2*3-2(4,5)1(6)7/h2-4,6,8,16H,5,7,9-13H2,1H3;2*(H,6,7)/t16-,18+;;/m1../s1. The number of pyridine rings is 1. The van der Waals surface area contributed by atoms with Crippen LogP contribution in [0.3, 0.4) is 0 Å². The lowest BCUT2D eigenvalue weighted by Gasteiger charge is -2.23. The Bertz CT molecular complexity index is 1030. The van der Waals surface area contributed by atoms with E-state index in [1.165, 1.54) is 5.01 Å². The number of thiazole rings is 1. The van der Waals surface area contributed by atoms with E-state index in [1.807, 2.05) is 36.7 Å². The minimum Gasteiger partial charge on any atom is -0.475 e. The Morgan fingerprint density at radius 3 is 2.34 bits per heavy atom. The van der Waals surface area contributed by atoms with Gasteiger partial charge in [0.2, 0.25) is 0 Å². The quantitative estimate of drug-likeness (QED) is 0.510. The molecule has 38 heavy (non-hydrogen) atoms. The van der Waals surface area contributed by atoms with Crippen LogP contribution in [0.15, 0.2) is 29.8 Å². The van der Waals surface area contributed by atoms with E-state index >= 15 is 0 Å². The number of aromatic nitrogens is 2. The molecule has 0 aromatic carbocycles. The molecule has 2 fully saturated rings. The number of hydrogen-bond acceptors (Lipinski definition) is 8. The highest BCUT2D eigenvalue weighted by atomic mass is 32.1. The molecular weight excluding hydrogens is 548 g/mol. The smallest absolute Gasteiger partial charge is 0.475 e. The van der Waals surface area contributed by atoms with Crippen molar-refractivity contribution in [1.82, 2.24) is 14.9 Å². The van der Waals surface area contributed by atoms with E-state index in [0.717, 1.165) is 43.9 Å². The summed E-state index contributed by atoms with van der Waals surface area (Å²) in [6.07, 6.45) is -6.05. The molecule has 4 rings (SSSR count). The Labute approximate surface area is 217 Å². The van der Waals surface area contributed by atoms with Gasteiger partial charge < -0.3 is 19.7 Å². The lowest BCUT2D eigenvalue weighted by molar-refractivity contribution is -0.193. The zero-order valence-corrected chi connectivity index (χ0v) is 20.8. The summed E-state index contributed by atoms with van der Waals surface area (Å²) in [7, 11) is 0. The lowest BCUT2D eigenvalue weighted by atomic mass is 9.98. The van der Waals surface area contributed by atoms with Gasteiger partial charge in [-0.25, -0.2) is 14.6 Å². The third-order valence-electron chi connectivity index (χ3n) is 5.31. The first-order valence-electron chi connectivity index (χ1n) is 11.0. The van der Waals surface area contributed by atoms with Crippen LogP contribution in [0.2, 0.25) is 0 Å². The number of nitrogens with zero attached hydrogens (tertiary/aromatic N) is 3. The molecule has 0 unspecified atom stereocenters. The van der Waals surface area contributed by atoms with Gasteiger partial charge in [-0.1, -0.05) is 6.07 Å². The normalized spacial score (nSPS) is 21.4. The Morgan fingerprint density at radius 2 is 1.82 bits per heavy atom. The monoisotopic (exact) mass is 573 g/mol. The van der Waals surface area contributed by atoms with E-state index < -0.39 is 24.3 Å². The molecular formula is C22H25F6N3O6S. The summed E-state index contributed by atoms with van der Waals surface area (Å²) in [6.45, 7) is 6.25. The molecule has 0 radical (unpaired) electrons. The minimum absolute atomic E-state index is 0.0258. The molecule has 1 spiro atoms. The molecule has 2 aliphatic rings. The fourth-order valence-electron chi connectivity index (χ4n) is 3.66. The van der Waals surface area contributed by atoms with Crippen LogP contribution in [0.1, 0.15) is 29.2 Å². The van der Waals surface area contributed by atoms with Gasteiger partial charge in [-0.2, -0.15) is 26.3 Å². The number of ether oxygens (including phenoxy) is 2. The van der Waals surface area contributed by atoms with Gasteiger partial charge in [-0.05, 0) is 25.5 Å². The fourth-order valence-corrected chi connectivity index (χ4v) is 4.32. The molecule has 0 saturated carbocycles. The number of likely N-dealkylation sites (tertiary alicyclic amines) is 1. The van der Waals surface area contributed by atoms with E-state index in [9.17, 15) is 26.3 Å². The Hall–Kier alpha value is -2.82. The molecule has 2 atom stereocenters. The second-order valence-corrected chi connectivity index (χ2v) is 9.37. The molecule has 0 aliphatic carbocycles. The SMILES string of the molecule is Cc1cccc(CO[C@H]2CO[C@@]3(CCN(Cc4nccs4)C3)C2)n1.O=C(O)C(F)(F)F.O=C(O)C(F)(F)F. The third-order valence-corrected chi connectivity index (χ3v) is 6.08. The molecule has 2 aliphatic heterocycles. The van der Waals surface area contributed by atoms with Gasteiger partial charge in [0.15, 0.2) is 0 Å². The average Bonchev–Trinajstić information content (AvgIpc) is 3.55. The van der Waals surface area contributed by atoms with Gasteiger partial charge in [-0.3, -0.25) is 9.88 Å². The number of aliphatic carboxylic acids is 2. The predicted molar refractivity (Wildman–Crippen MR) is 120 cm³/mol. The van der Waals surface area contributed by atoms with Gasteiger partial charge in [-0.15, -0.1) is 11.3 Å². The Morgan fingerprint density at radius 1 is 1.18 bits per heavy atom. The molecule has 9 nitrogen and oxygen atoms in total. The predicted octanol–water partition coefficient (Wildman–Crippen LogP) is 4.06. The van der Waals surface area contributed by atoms with Gasteiger partial charge in [0.1, 0.15) is 5.01 Å². The summed E-state index contributed by atoms with van der Waals surface area (Å²) >= 11 is 1.72. The minimum atomic E-state index is -5.08. The van der Waals surface area contributed by atoms with Crippen LogP contribution in [0.4, 0.5) is 26.3 Å². The van der Waals surface area contributed by atoms with Gasteiger partial charge >= 0.3 is 24.3 Å². The molecule has 2 N–H and O–H groups in total. The molecule has 0 bridgehead atoms. The first kappa shape index (κ1) is 31.4. The molecule has 16 heteroatoms. The molecule has 2 saturated heterocycles. The maximum atomic E-state index is 10.6. The van der Waals surface area contributed by atoms with Gasteiger partial charge in [0.05, 0.1) is 37.2 Å². The van der Waals surface area contributed by atoms with Crippen LogP contribution in [0.25, 0.3) is 0 Å². The number of rotatable bonds is 5. The van der Waals surface area contributed by atoms with Crippen molar-refractivity contribution in [1.29, 1.82) is 0 Å². The van der Waals surface area contributed by atoms with E-state index in [4.69, 9.17) is 29.3 Å². The van der Waals surface area contributed by atoms with Crippen molar-refractivity contribution in [3.05, 3.63) is 46.2 Å². The highest BCUT2D eigenvalue weighted by Gasteiger charge is 2.46. The lowest BCUT2D eigenvalue weighted by Crippen LogP contribution is -2.32. The van der Waals surface area contributed by atoms with Crippen molar-refractivity contribution < 1.29 is 55.6 Å². The fraction of sp³-hybridized carbons (Fsp3) is 0.545.